The number of rotatable bonds is 0. The van der Waals surface area contributed by atoms with Crippen LogP contribution in [-0.2, 0) is 0 Å². The van der Waals surface area contributed by atoms with Crippen molar-refractivity contribution in [3.63, 3.8) is 0 Å². The molecule has 0 saturated carbocycles. The first-order valence-electron chi connectivity index (χ1n) is 1.19. The third kappa shape index (κ3) is 0.316. The first-order chi connectivity index (χ1) is 2.50. The van der Waals surface area contributed by atoms with Crippen LogP contribution in [0.2, 0.25) is 0 Å². The fourth-order valence-corrected chi connectivity index (χ4v) is 0.136. The van der Waals surface area contributed by atoms with Gasteiger partial charge in [-0.2, -0.15) is 0 Å². The Labute approximate surface area is 29.3 Å². The average Bonchev–Trinajstić information content (AvgIpc) is 1.76. The van der Waals surface area contributed by atoms with Crippen molar-refractivity contribution >= 4 is 7.27 Å². The van der Waals surface area contributed by atoms with E-state index in [4.69, 9.17) is 0 Å². The van der Waals surface area contributed by atoms with Gasteiger partial charge in [-0.15, -0.1) is 0 Å². The maximum absolute atomic E-state index is 4.36. The molecule has 24 valence electrons. The van der Waals surface area contributed by atoms with Crippen LogP contribution in [-0.4, -0.2) is 17.4 Å². The Kier molecular flexibility index (Phi) is 0.496. The van der Waals surface area contributed by atoms with Crippen LogP contribution in [0.15, 0.2) is 10.7 Å². The third-order valence-corrected chi connectivity index (χ3v) is 0.283. The van der Waals surface area contributed by atoms with Crippen LogP contribution in [0.1, 0.15) is 0 Å². The molecule has 0 unspecified atom stereocenters. The molecule has 0 spiro atoms. The summed E-state index contributed by atoms with van der Waals surface area (Å²) in [5.74, 6) is 0. The average molecular weight is 67.8 g/mol. The summed E-state index contributed by atoms with van der Waals surface area (Å²) < 4.78 is 4.36. The van der Waals surface area contributed by atoms with E-state index >= 15 is 0 Å². The van der Waals surface area contributed by atoms with Crippen molar-refractivity contribution in [1.82, 2.24) is 10.1 Å². The van der Waals surface area contributed by atoms with E-state index in [0.717, 1.165) is 0 Å². The molecule has 1 heterocycles. The summed E-state index contributed by atoms with van der Waals surface area (Å²) in [6.45, 7) is 0. The summed E-state index contributed by atoms with van der Waals surface area (Å²) in [6, 6.07) is 0. The molecular formula is CHBN2O. The van der Waals surface area contributed by atoms with Gasteiger partial charge < -0.3 is 0 Å². The number of aromatic nitrogens is 2. The quantitative estimate of drug-likeness (QED) is 0.407. The van der Waals surface area contributed by atoms with Crippen LogP contribution < -0.4 is 0 Å². The summed E-state index contributed by atoms with van der Waals surface area (Å²) in [5.41, 5.74) is 0. The monoisotopic (exact) mass is 68.0 g/mol. The molecule has 0 saturated heterocycles. The second-order valence-corrected chi connectivity index (χ2v) is 0.578. The zero-order valence-electron chi connectivity index (χ0n) is 2.46. The van der Waals surface area contributed by atoms with Crippen LogP contribution in [0.4, 0.5) is 0 Å². The summed E-state index contributed by atoms with van der Waals surface area (Å²) in [5, 5.41) is 6.61. The molecule has 0 fully saturated rings. The van der Waals surface area contributed by atoms with E-state index in [2.05, 4.69) is 14.4 Å². The molecule has 0 aliphatic heterocycles. The van der Waals surface area contributed by atoms with Crippen molar-refractivity contribution in [1.29, 1.82) is 0 Å². The van der Waals surface area contributed by atoms with Gasteiger partial charge in [0.25, 0.3) is 0 Å². The van der Waals surface area contributed by atoms with E-state index in [1.807, 2.05) is 0 Å². The van der Waals surface area contributed by atoms with Crippen molar-refractivity contribution < 1.29 is 4.33 Å². The van der Waals surface area contributed by atoms with E-state index in [1.54, 1.807) is 0 Å². The molecule has 0 radical (unpaired) electrons. The Hall–Kier alpha value is -0.665. The number of hydrogen-bond donors (Lipinski definition) is 0. The van der Waals surface area contributed by atoms with Gasteiger partial charge in [0.1, 0.15) is 0 Å². The van der Waals surface area contributed by atoms with Crippen LogP contribution in [0.25, 0.3) is 0 Å². The molecule has 1 aromatic rings. The third-order valence-electron chi connectivity index (χ3n) is 0.283. The molecule has 1 aromatic heterocycles. The molecule has 1 rings (SSSR count). The SMILES string of the molecule is b1nnco1. The summed E-state index contributed by atoms with van der Waals surface area (Å²) >= 11 is 0. The molecule has 0 aliphatic rings. The number of nitrogens with zero attached hydrogens (tertiary/aromatic N) is 2. The Balaban J connectivity index is 3.13. The fraction of sp³-hybridized carbons (Fsp3) is 0. The second kappa shape index (κ2) is 0.968. The van der Waals surface area contributed by atoms with Crippen molar-refractivity contribution in [2.45, 2.75) is 0 Å². The molecule has 0 amide bonds. The Bertz CT molecular complexity index is 66.1. The van der Waals surface area contributed by atoms with Crippen LogP contribution in [0.5, 0.6) is 0 Å². The van der Waals surface area contributed by atoms with E-state index in [9.17, 15) is 0 Å². The van der Waals surface area contributed by atoms with E-state index in [-0.39, 0.29) is 0 Å². The summed E-state index contributed by atoms with van der Waals surface area (Å²) in [6.07, 6.45) is 1.26. The van der Waals surface area contributed by atoms with Gasteiger partial charge in [-0.05, 0) is 0 Å². The van der Waals surface area contributed by atoms with Crippen LogP contribution >= 0.6 is 0 Å². The molecule has 5 heavy (non-hydrogen) atoms. The predicted octanol–water partition coefficient (Wildman–Crippen LogP) is -0.592. The van der Waals surface area contributed by atoms with Crippen molar-refractivity contribution in [2.24, 2.45) is 0 Å². The van der Waals surface area contributed by atoms with Crippen LogP contribution in [0, 0.1) is 0 Å². The summed E-state index contributed by atoms with van der Waals surface area (Å²) in [4.78, 5) is 0. The van der Waals surface area contributed by atoms with Gasteiger partial charge in [0.2, 0.25) is 0 Å². The first kappa shape index (κ1) is 2.57. The van der Waals surface area contributed by atoms with Gasteiger partial charge in [0.15, 0.2) is 0 Å². The van der Waals surface area contributed by atoms with Gasteiger partial charge in [-0.3, -0.25) is 0 Å². The molecule has 3 nitrogen and oxygen atoms in total. The van der Waals surface area contributed by atoms with Crippen molar-refractivity contribution in [3.05, 3.63) is 6.39 Å². The first-order valence-corrected chi connectivity index (χ1v) is 1.19. The molecule has 4 heteroatoms. The van der Waals surface area contributed by atoms with Gasteiger partial charge in [0, 0.05) is 0 Å². The molecule has 0 aliphatic carbocycles. The topological polar surface area (TPSA) is 38.9 Å². The number of hydrogen-bond acceptors (Lipinski definition) is 3. The molecule has 0 atom stereocenters. The Morgan fingerprint density at radius 3 is 3.00 bits per heavy atom. The van der Waals surface area contributed by atoms with Crippen molar-refractivity contribution in [3.8, 4) is 0 Å². The van der Waals surface area contributed by atoms with Gasteiger partial charge >= 0.3 is 28.1 Å². The Morgan fingerprint density at radius 1 is 1.80 bits per heavy atom. The standard InChI is InChI=1S/CHBN2O/c1-3-4-2-5-1/h1H. The fourth-order valence-electron chi connectivity index (χ4n) is 0.136. The van der Waals surface area contributed by atoms with Gasteiger partial charge in [-0.1, -0.05) is 0 Å². The normalized spacial score (nSPS) is 7.20. The zero-order valence-corrected chi connectivity index (χ0v) is 2.46. The zero-order chi connectivity index (χ0) is 3.54. The molecule has 0 bridgehead atoms. The predicted molar refractivity (Wildman–Crippen MR) is 15.6 cm³/mol. The minimum absolute atomic E-state index is 1.26. The van der Waals surface area contributed by atoms with E-state index in [0.29, 0.717) is 0 Å². The Morgan fingerprint density at radius 2 is 2.80 bits per heavy atom. The summed E-state index contributed by atoms with van der Waals surface area (Å²) in [7, 11) is 1.26. The molecule has 0 aromatic carbocycles. The maximum atomic E-state index is 4.36. The van der Waals surface area contributed by atoms with E-state index in [1.165, 1.54) is 13.7 Å². The second-order valence-electron chi connectivity index (χ2n) is 0.578. The molecular weight excluding hydrogens is 66.8 g/mol. The van der Waals surface area contributed by atoms with Crippen molar-refractivity contribution in [2.75, 3.05) is 0 Å². The van der Waals surface area contributed by atoms with Gasteiger partial charge in [-0.25, -0.2) is 0 Å². The van der Waals surface area contributed by atoms with E-state index < -0.39 is 0 Å². The van der Waals surface area contributed by atoms with Gasteiger partial charge in [0.05, 0.1) is 0 Å². The molecule has 0 N–H and O–H groups in total. The minimum atomic E-state index is 1.26. The van der Waals surface area contributed by atoms with Crippen LogP contribution in [0.3, 0.4) is 0 Å².